The van der Waals surface area contributed by atoms with E-state index in [1.54, 1.807) is 0 Å². The number of hydrogen-bond acceptors (Lipinski definition) is 3. The minimum absolute atomic E-state index is 0.847. The fourth-order valence-corrected chi connectivity index (χ4v) is 3.07. The molecule has 1 saturated heterocycles. The zero-order chi connectivity index (χ0) is 9.80. The molecule has 1 heterocycles. The second-order valence-corrected chi connectivity index (χ2v) is 6.11. The van der Waals surface area contributed by atoms with Crippen molar-refractivity contribution in [3.05, 3.63) is 0 Å². The minimum atomic E-state index is 0.847. The summed E-state index contributed by atoms with van der Waals surface area (Å²) >= 11 is 2.12. The normalized spacial score (nSPS) is 29.4. The summed E-state index contributed by atoms with van der Waals surface area (Å²) in [6.07, 6.45) is 4.16. The lowest BCUT2D eigenvalue weighted by molar-refractivity contribution is 0.281. The molecule has 0 spiro atoms. The summed E-state index contributed by atoms with van der Waals surface area (Å²) in [5, 5.41) is 4.42. The van der Waals surface area contributed by atoms with Crippen LogP contribution in [0.4, 0.5) is 0 Å². The molecule has 2 fully saturated rings. The molecule has 1 aliphatic carbocycles. The molecule has 2 rings (SSSR count). The lowest BCUT2D eigenvalue weighted by atomic mass is 10.3. The smallest absolute Gasteiger partial charge is 0.0147 e. The van der Waals surface area contributed by atoms with E-state index in [1.807, 2.05) is 0 Å². The summed E-state index contributed by atoms with van der Waals surface area (Å²) in [5.41, 5.74) is 0. The molecule has 1 saturated carbocycles. The molecule has 1 unspecified atom stereocenters. The summed E-state index contributed by atoms with van der Waals surface area (Å²) in [4.78, 5) is 2.62. The molecule has 0 radical (unpaired) electrons. The van der Waals surface area contributed by atoms with Crippen molar-refractivity contribution in [2.75, 3.05) is 31.9 Å². The van der Waals surface area contributed by atoms with Gasteiger partial charge in [0.05, 0.1) is 0 Å². The van der Waals surface area contributed by atoms with Gasteiger partial charge in [-0.05, 0) is 32.4 Å². The molecule has 2 nitrogen and oxygen atoms in total. The Bertz CT molecular complexity index is 171. The topological polar surface area (TPSA) is 15.3 Å². The monoisotopic (exact) mass is 214 g/mol. The van der Waals surface area contributed by atoms with Crippen molar-refractivity contribution >= 4 is 11.8 Å². The second kappa shape index (κ2) is 5.38. The zero-order valence-corrected chi connectivity index (χ0v) is 9.98. The summed E-state index contributed by atoms with van der Waals surface area (Å²) < 4.78 is 0. The fraction of sp³-hybridized carbons (Fsp3) is 1.00. The van der Waals surface area contributed by atoms with Gasteiger partial charge in [-0.15, -0.1) is 0 Å². The van der Waals surface area contributed by atoms with Gasteiger partial charge in [0.1, 0.15) is 0 Å². The predicted molar refractivity (Wildman–Crippen MR) is 64.0 cm³/mol. The molecule has 0 amide bonds. The highest BCUT2D eigenvalue weighted by Crippen LogP contribution is 2.19. The number of hydrogen-bond donors (Lipinski definition) is 1. The SMILES string of the molecule is CC1CN(CCCNC2CC2)CCS1. The van der Waals surface area contributed by atoms with Crippen LogP contribution in [-0.2, 0) is 0 Å². The minimum Gasteiger partial charge on any atom is -0.314 e. The second-order valence-electron chi connectivity index (χ2n) is 4.56. The van der Waals surface area contributed by atoms with Crippen molar-refractivity contribution in [2.45, 2.75) is 37.5 Å². The van der Waals surface area contributed by atoms with E-state index >= 15 is 0 Å². The molecular formula is C11H22N2S. The average molecular weight is 214 g/mol. The molecule has 1 atom stereocenters. The van der Waals surface area contributed by atoms with Crippen LogP contribution in [0, 0.1) is 0 Å². The van der Waals surface area contributed by atoms with Gasteiger partial charge in [-0.1, -0.05) is 6.92 Å². The standard InChI is InChI=1S/C11H22N2S/c1-10-9-13(7-8-14-10)6-2-5-12-11-3-4-11/h10-12H,2-9H2,1H3. The number of nitrogens with one attached hydrogen (secondary N) is 1. The van der Waals surface area contributed by atoms with Crippen LogP contribution in [-0.4, -0.2) is 48.1 Å². The largest absolute Gasteiger partial charge is 0.314 e. The Morgan fingerprint density at radius 2 is 2.29 bits per heavy atom. The van der Waals surface area contributed by atoms with E-state index in [4.69, 9.17) is 0 Å². The molecule has 0 aromatic heterocycles. The van der Waals surface area contributed by atoms with E-state index in [0.717, 1.165) is 11.3 Å². The van der Waals surface area contributed by atoms with Crippen molar-refractivity contribution in [3.63, 3.8) is 0 Å². The van der Waals surface area contributed by atoms with Gasteiger partial charge in [-0.2, -0.15) is 11.8 Å². The van der Waals surface area contributed by atoms with E-state index in [2.05, 4.69) is 28.9 Å². The third kappa shape index (κ3) is 3.79. The maximum Gasteiger partial charge on any atom is 0.0147 e. The Morgan fingerprint density at radius 1 is 1.43 bits per heavy atom. The summed E-state index contributed by atoms with van der Waals surface area (Å²) in [6.45, 7) is 7.47. The van der Waals surface area contributed by atoms with Crippen LogP contribution in [0.15, 0.2) is 0 Å². The van der Waals surface area contributed by atoms with Crippen LogP contribution < -0.4 is 5.32 Å². The molecule has 14 heavy (non-hydrogen) atoms. The lowest BCUT2D eigenvalue weighted by Crippen LogP contribution is -2.38. The van der Waals surface area contributed by atoms with Crippen molar-refractivity contribution < 1.29 is 0 Å². The van der Waals surface area contributed by atoms with Crippen molar-refractivity contribution in [2.24, 2.45) is 0 Å². The van der Waals surface area contributed by atoms with Crippen LogP contribution in [0.25, 0.3) is 0 Å². The Hall–Kier alpha value is 0.270. The van der Waals surface area contributed by atoms with Gasteiger partial charge in [0, 0.05) is 30.1 Å². The quantitative estimate of drug-likeness (QED) is 0.699. The number of rotatable bonds is 5. The Morgan fingerprint density at radius 3 is 3.00 bits per heavy atom. The summed E-state index contributed by atoms with van der Waals surface area (Å²) in [5.74, 6) is 1.33. The maximum atomic E-state index is 3.58. The summed E-state index contributed by atoms with van der Waals surface area (Å²) in [6, 6.07) is 0.880. The molecule has 1 N–H and O–H groups in total. The molecule has 3 heteroatoms. The van der Waals surface area contributed by atoms with Crippen molar-refractivity contribution in [3.8, 4) is 0 Å². The van der Waals surface area contributed by atoms with Gasteiger partial charge in [-0.25, -0.2) is 0 Å². The Kier molecular flexibility index (Phi) is 4.14. The predicted octanol–water partition coefficient (Wildman–Crippen LogP) is 1.57. The van der Waals surface area contributed by atoms with Crippen molar-refractivity contribution in [1.82, 2.24) is 10.2 Å². The van der Waals surface area contributed by atoms with Gasteiger partial charge < -0.3 is 10.2 Å². The van der Waals surface area contributed by atoms with Gasteiger partial charge in [0.15, 0.2) is 0 Å². The number of nitrogens with zero attached hydrogens (tertiary/aromatic N) is 1. The first-order valence-corrected chi connectivity index (χ1v) is 6.97. The zero-order valence-electron chi connectivity index (χ0n) is 9.17. The van der Waals surface area contributed by atoms with Gasteiger partial charge in [-0.3, -0.25) is 0 Å². The van der Waals surface area contributed by atoms with E-state index in [-0.39, 0.29) is 0 Å². The maximum absolute atomic E-state index is 3.58. The summed E-state index contributed by atoms with van der Waals surface area (Å²) in [7, 11) is 0. The molecule has 1 aliphatic heterocycles. The average Bonchev–Trinajstić information content (AvgIpc) is 2.96. The van der Waals surface area contributed by atoms with Crippen LogP contribution >= 0.6 is 11.8 Å². The number of thioether (sulfide) groups is 1. The molecule has 0 bridgehead atoms. The van der Waals surface area contributed by atoms with Gasteiger partial charge in [0.2, 0.25) is 0 Å². The molecule has 0 aromatic carbocycles. The molecule has 0 aromatic rings. The highest BCUT2D eigenvalue weighted by Gasteiger charge is 2.20. The first-order valence-electron chi connectivity index (χ1n) is 5.92. The van der Waals surface area contributed by atoms with Crippen LogP contribution in [0.5, 0.6) is 0 Å². The third-order valence-corrected chi connectivity index (χ3v) is 4.12. The first-order chi connectivity index (χ1) is 6.84. The van der Waals surface area contributed by atoms with Crippen LogP contribution in [0.1, 0.15) is 26.2 Å². The molecule has 82 valence electrons. The van der Waals surface area contributed by atoms with E-state index in [9.17, 15) is 0 Å². The fourth-order valence-electron chi connectivity index (χ4n) is 1.99. The van der Waals surface area contributed by atoms with Gasteiger partial charge in [0.25, 0.3) is 0 Å². The molecular weight excluding hydrogens is 192 g/mol. The van der Waals surface area contributed by atoms with Crippen LogP contribution in [0.3, 0.4) is 0 Å². The van der Waals surface area contributed by atoms with E-state index < -0.39 is 0 Å². The highest BCUT2D eigenvalue weighted by atomic mass is 32.2. The molecule has 2 aliphatic rings. The van der Waals surface area contributed by atoms with Gasteiger partial charge >= 0.3 is 0 Å². The van der Waals surface area contributed by atoms with Crippen molar-refractivity contribution in [1.29, 1.82) is 0 Å². The Balaban J connectivity index is 1.50. The Labute approximate surface area is 91.8 Å². The highest BCUT2D eigenvalue weighted by molar-refractivity contribution is 7.99. The first kappa shape index (κ1) is 10.8. The van der Waals surface area contributed by atoms with E-state index in [1.165, 1.54) is 51.2 Å². The van der Waals surface area contributed by atoms with E-state index in [0.29, 0.717) is 0 Å². The van der Waals surface area contributed by atoms with Crippen LogP contribution in [0.2, 0.25) is 0 Å². The lowest BCUT2D eigenvalue weighted by Gasteiger charge is -2.30. The third-order valence-electron chi connectivity index (χ3n) is 2.99.